The molecule has 2 heterocycles. The van der Waals surface area contributed by atoms with E-state index in [1.165, 1.54) is 5.56 Å². The fraction of sp³-hybridized carbons (Fsp3) is 0.457. The van der Waals surface area contributed by atoms with Crippen LogP contribution in [-0.4, -0.2) is 83.3 Å². The molecule has 0 saturated heterocycles. The first-order chi connectivity index (χ1) is 21.2. The highest BCUT2D eigenvalue weighted by Crippen LogP contribution is 2.29. The summed E-state index contributed by atoms with van der Waals surface area (Å²) < 4.78 is 12.8. The number of nitrogens with zero attached hydrogens (tertiary/aromatic N) is 3. The van der Waals surface area contributed by atoms with E-state index in [2.05, 4.69) is 29.2 Å². The Morgan fingerprint density at radius 3 is 2.59 bits per heavy atom. The maximum Gasteiger partial charge on any atom is 0.258 e. The zero-order valence-corrected chi connectivity index (χ0v) is 26.3. The summed E-state index contributed by atoms with van der Waals surface area (Å²) in [7, 11) is 2.07. The van der Waals surface area contributed by atoms with E-state index in [0.717, 1.165) is 25.8 Å². The number of hydrogen-bond donors (Lipinski definition) is 2. The summed E-state index contributed by atoms with van der Waals surface area (Å²) in [6.07, 6.45) is 5.97. The number of likely N-dealkylation sites (N-methyl/N-ethyl adjacent to an activating group) is 1. The molecule has 0 unspecified atom stereocenters. The zero-order valence-electron chi connectivity index (χ0n) is 26.3. The number of amides is 2. The number of aliphatic hydroxyl groups excluding tert-OH is 1. The molecule has 1 aliphatic rings. The number of carbonyl (C=O) groups excluding carboxylic acids is 2. The van der Waals surface area contributed by atoms with Gasteiger partial charge < -0.3 is 24.8 Å². The molecular weight excluding hydrogens is 556 g/mol. The van der Waals surface area contributed by atoms with Gasteiger partial charge in [-0.25, -0.2) is 0 Å². The van der Waals surface area contributed by atoms with Crippen LogP contribution in [0.2, 0.25) is 0 Å². The van der Waals surface area contributed by atoms with Crippen molar-refractivity contribution in [1.82, 2.24) is 14.8 Å². The van der Waals surface area contributed by atoms with Gasteiger partial charge in [0.05, 0.1) is 30.4 Å². The third-order valence-corrected chi connectivity index (χ3v) is 8.04. The Morgan fingerprint density at radius 1 is 1.11 bits per heavy atom. The van der Waals surface area contributed by atoms with Crippen molar-refractivity contribution < 1.29 is 24.2 Å². The first-order valence-electron chi connectivity index (χ1n) is 15.5. The lowest BCUT2D eigenvalue weighted by Gasteiger charge is -2.36. The summed E-state index contributed by atoms with van der Waals surface area (Å²) in [5.41, 5.74) is 2.53. The van der Waals surface area contributed by atoms with Crippen LogP contribution in [-0.2, 0) is 11.3 Å². The van der Waals surface area contributed by atoms with Gasteiger partial charge in [-0.1, -0.05) is 25.1 Å². The van der Waals surface area contributed by atoms with Crippen molar-refractivity contribution in [2.75, 3.05) is 38.7 Å². The van der Waals surface area contributed by atoms with Gasteiger partial charge in [-0.05, 0) is 88.2 Å². The van der Waals surface area contributed by atoms with Crippen LogP contribution in [0.3, 0.4) is 0 Å². The molecule has 9 nitrogen and oxygen atoms in total. The topological polar surface area (TPSA) is 104 Å². The quantitative estimate of drug-likeness (QED) is 0.363. The molecule has 1 aromatic heterocycles. The average Bonchev–Trinajstić information content (AvgIpc) is 3.03. The monoisotopic (exact) mass is 602 g/mol. The van der Waals surface area contributed by atoms with Crippen molar-refractivity contribution in [1.29, 1.82) is 0 Å². The van der Waals surface area contributed by atoms with Crippen LogP contribution >= 0.6 is 0 Å². The maximum atomic E-state index is 14.3. The summed E-state index contributed by atoms with van der Waals surface area (Å²) >= 11 is 0. The van der Waals surface area contributed by atoms with Crippen LogP contribution in [0, 0.1) is 5.92 Å². The zero-order chi connectivity index (χ0) is 31.5. The summed E-state index contributed by atoms with van der Waals surface area (Å²) in [5.74, 6) is -0.0967. The SMILES string of the molecule is C[C@@H]1CCCCO[C@H](CN(C)Cc2ccncc2)[C@H](C)CN([C@H](C)CO)C(=O)c2cc(NC(=O)c3ccccc3)ccc2O1. The van der Waals surface area contributed by atoms with Gasteiger partial charge in [0.25, 0.3) is 11.8 Å². The van der Waals surface area contributed by atoms with Crippen LogP contribution in [0.4, 0.5) is 5.69 Å². The molecule has 0 spiro atoms. The molecule has 0 saturated carbocycles. The van der Waals surface area contributed by atoms with E-state index in [1.54, 1.807) is 59.8 Å². The summed E-state index contributed by atoms with van der Waals surface area (Å²) in [6, 6.07) is 17.7. The second-order valence-corrected chi connectivity index (χ2v) is 11.9. The third kappa shape index (κ3) is 9.35. The number of benzene rings is 2. The lowest BCUT2D eigenvalue weighted by molar-refractivity contribution is -0.0177. The van der Waals surface area contributed by atoms with Crippen LogP contribution in [0.15, 0.2) is 73.1 Å². The Labute approximate surface area is 261 Å². The third-order valence-electron chi connectivity index (χ3n) is 8.04. The highest BCUT2D eigenvalue weighted by Gasteiger charge is 2.30. The largest absolute Gasteiger partial charge is 0.490 e. The number of anilines is 1. The fourth-order valence-corrected chi connectivity index (χ4v) is 5.43. The van der Waals surface area contributed by atoms with Crippen molar-refractivity contribution in [2.45, 2.75) is 64.8 Å². The molecule has 2 aromatic carbocycles. The maximum absolute atomic E-state index is 14.3. The van der Waals surface area contributed by atoms with Crippen molar-refractivity contribution in [3.05, 3.63) is 89.7 Å². The highest BCUT2D eigenvalue weighted by atomic mass is 16.5. The molecule has 0 bridgehead atoms. The number of fused-ring (bicyclic) bond motifs is 1. The molecule has 236 valence electrons. The van der Waals surface area contributed by atoms with Gasteiger partial charge in [0.15, 0.2) is 0 Å². The summed E-state index contributed by atoms with van der Waals surface area (Å²) in [6.45, 7) is 8.18. The van der Waals surface area contributed by atoms with Gasteiger partial charge in [0.2, 0.25) is 0 Å². The Kier molecular flexibility index (Phi) is 12.3. The van der Waals surface area contributed by atoms with E-state index >= 15 is 0 Å². The van der Waals surface area contributed by atoms with Crippen molar-refractivity contribution >= 4 is 17.5 Å². The minimum atomic E-state index is -0.444. The van der Waals surface area contributed by atoms with Gasteiger partial charge >= 0.3 is 0 Å². The first kappa shape index (κ1) is 33.1. The number of nitrogens with one attached hydrogen (secondary N) is 1. The number of carbonyl (C=O) groups is 2. The predicted molar refractivity (Wildman–Crippen MR) is 172 cm³/mol. The molecule has 0 aliphatic carbocycles. The smallest absolute Gasteiger partial charge is 0.258 e. The molecule has 0 fully saturated rings. The van der Waals surface area contributed by atoms with E-state index < -0.39 is 6.04 Å². The van der Waals surface area contributed by atoms with Gasteiger partial charge in [-0.2, -0.15) is 0 Å². The van der Waals surface area contributed by atoms with E-state index in [-0.39, 0.29) is 36.5 Å². The second kappa shape index (κ2) is 16.3. The standard InChI is InChI=1S/C35H46N4O5/c1-25-21-39(26(2)24-40)35(42)31-20-30(37-34(41)29-11-6-5-7-12-29)13-14-32(31)44-27(3)10-8-9-19-43-33(25)23-38(4)22-28-15-17-36-18-16-28/h5-7,11-18,20,25-27,33,40H,8-10,19,21-24H2,1-4H3,(H,37,41)/t25-,26-,27-,33-/m1/s1. The van der Waals surface area contributed by atoms with E-state index in [4.69, 9.17) is 9.47 Å². The van der Waals surface area contributed by atoms with Gasteiger partial charge in [-0.15, -0.1) is 0 Å². The van der Waals surface area contributed by atoms with Crippen LogP contribution in [0.1, 0.15) is 66.3 Å². The van der Waals surface area contributed by atoms with Gasteiger partial charge in [-0.3, -0.25) is 19.5 Å². The second-order valence-electron chi connectivity index (χ2n) is 11.9. The number of rotatable bonds is 8. The predicted octanol–water partition coefficient (Wildman–Crippen LogP) is 5.26. The lowest BCUT2D eigenvalue weighted by Crippen LogP contribution is -2.47. The molecule has 4 atom stereocenters. The molecule has 2 N–H and O–H groups in total. The fourth-order valence-electron chi connectivity index (χ4n) is 5.43. The summed E-state index contributed by atoms with van der Waals surface area (Å²) in [5, 5.41) is 13.1. The van der Waals surface area contributed by atoms with Crippen molar-refractivity contribution in [3.8, 4) is 5.75 Å². The highest BCUT2D eigenvalue weighted by molar-refractivity contribution is 6.05. The number of pyridine rings is 1. The molecule has 9 heteroatoms. The molecule has 1 aliphatic heterocycles. The molecular formula is C35H46N4O5. The van der Waals surface area contributed by atoms with Gasteiger partial charge in [0, 0.05) is 55.8 Å². The Morgan fingerprint density at radius 2 is 1.86 bits per heavy atom. The normalized spacial score (nSPS) is 20.7. The molecule has 2 amide bonds. The molecule has 44 heavy (non-hydrogen) atoms. The van der Waals surface area contributed by atoms with Crippen LogP contribution < -0.4 is 10.1 Å². The lowest BCUT2D eigenvalue weighted by atomic mass is 10.0. The van der Waals surface area contributed by atoms with Crippen LogP contribution in [0.5, 0.6) is 5.75 Å². The van der Waals surface area contributed by atoms with E-state index in [1.807, 2.05) is 32.0 Å². The van der Waals surface area contributed by atoms with Crippen LogP contribution in [0.25, 0.3) is 0 Å². The number of ether oxygens (including phenoxy) is 2. The first-order valence-corrected chi connectivity index (χ1v) is 15.5. The van der Waals surface area contributed by atoms with Crippen molar-refractivity contribution in [2.24, 2.45) is 5.92 Å². The minimum Gasteiger partial charge on any atom is -0.490 e. The molecule has 0 radical (unpaired) electrons. The average molecular weight is 603 g/mol. The number of aromatic nitrogens is 1. The Hall–Kier alpha value is -3.79. The Balaban J connectivity index is 1.61. The molecule has 3 aromatic rings. The number of hydrogen-bond acceptors (Lipinski definition) is 7. The van der Waals surface area contributed by atoms with Crippen molar-refractivity contribution in [3.63, 3.8) is 0 Å². The summed E-state index contributed by atoms with van der Waals surface area (Å²) in [4.78, 5) is 35.3. The molecule has 4 rings (SSSR count). The van der Waals surface area contributed by atoms with E-state index in [9.17, 15) is 14.7 Å². The van der Waals surface area contributed by atoms with E-state index in [0.29, 0.717) is 42.3 Å². The number of aliphatic hydroxyl groups is 1. The Bertz CT molecular complexity index is 1340. The minimum absolute atomic E-state index is 0.0277. The van der Waals surface area contributed by atoms with Gasteiger partial charge in [0.1, 0.15) is 5.75 Å².